The largest absolute Gasteiger partial charge is 0.388 e. The standard InChI is InChI=1S/C27H30O5/c28-24(19-29-16-21-10-4-1-5-11-21)26-27(31-18-23-14-8-3-9-15-23)25(20-32-26)30-17-22-12-6-2-7-13-22/h1-15,24-28H,16-20H2/t24-,25+,26-,27-/m1/s1. The molecule has 0 unspecified atom stereocenters. The number of benzene rings is 3. The minimum atomic E-state index is -0.815. The molecule has 1 fully saturated rings. The Labute approximate surface area is 189 Å². The molecule has 1 aliphatic rings. The number of ether oxygens (including phenoxy) is 4. The maximum atomic E-state index is 10.8. The smallest absolute Gasteiger partial charge is 0.115 e. The lowest BCUT2D eigenvalue weighted by molar-refractivity contribution is -0.115. The van der Waals surface area contributed by atoms with Crippen molar-refractivity contribution < 1.29 is 24.1 Å². The van der Waals surface area contributed by atoms with Crippen molar-refractivity contribution in [2.45, 2.75) is 44.2 Å². The summed E-state index contributed by atoms with van der Waals surface area (Å²) in [5.74, 6) is 0. The summed E-state index contributed by atoms with van der Waals surface area (Å²) in [5.41, 5.74) is 3.22. The molecule has 3 aromatic carbocycles. The van der Waals surface area contributed by atoms with E-state index in [2.05, 4.69) is 0 Å². The predicted molar refractivity (Wildman–Crippen MR) is 122 cm³/mol. The lowest BCUT2D eigenvalue weighted by Crippen LogP contribution is -2.43. The quantitative estimate of drug-likeness (QED) is 0.492. The topological polar surface area (TPSA) is 57.2 Å². The average Bonchev–Trinajstić information content (AvgIpc) is 3.26. The summed E-state index contributed by atoms with van der Waals surface area (Å²) >= 11 is 0. The Morgan fingerprint density at radius 1 is 0.719 bits per heavy atom. The van der Waals surface area contributed by atoms with Crippen molar-refractivity contribution in [3.8, 4) is 0 Å². The van der Waals surface area contributed by atoms with E-state index in [1.165, 1.54) is 0 Å². The number of hydrogen-bond donors (Lipinski definition) is 1. The van der Waals surface area contributed by atoms with Gasteiger partial charge in [-0.05, 0) is 16.7 Å². The highest BCUT2D eigenvalue weighted by atomic mass is 16.6. The highest BCUT2D eigenvalue weighted by molar-refractivity contribution is 5.15. The molecular weight excluding hydrogens is 404 g/mol. The normalized spacial score (nSPS) is 21.5. The van der Waals surface area contributed by atoms with Crippen LogP contribution in [0.4, 0.5) is 0 Å². The first-order valence-electron chi connectivity index (χ1n) is 11.0. The Hall–Kier alpha value is -2.54. The molecule has 5 heteroatoms. The Morgan fingerprint density at radius 2 is 1.22 bits per heavy atom. The van der Waals surface area contributed by atoms with Gasteiger partial charge in [0, 0.05) is 0 Å². The van der Waals surface area contributed by atoms with Gasteiger partial charge in [0.1, 0.15) is 24.4 Å². The molecular formula is C27H30O5. The van der Waals surface area contributed by atoms with Crippen LogP contribution in [0, 0.1) is 0 Å². The van der Waals surface area contributed by atoms with Gasteiger partial charge in [-0.25, -0.2) is 0 Å². The van der Waals surface area contributed by atoms with Gasteiger partial charge in [-0.2, -0.15) is 0 Å². The van der Waals surface area contributed by atoms with E-state index in [0.29, 0.717) is 26.4 Å². The fraction of sp³-hybridized carbons (Fsp3) is 0.333. The van der Waals surface area contributed by atoms with Crippen LogP contribution >= 0.6 is 0 Å². The monoisotopic (exact) mass is 434 g/mol. The molecule has 4 atom stereocenters. The molecule has 32 heavy (non-hydrogen) atoms. The summed E-state index contributed by atoms with van der Waals surface area (Å²) in [6, 6.07) is 29.9. The molecule has 1 saturated heterocycles. The van der Waals surface area contributed by atoms with Gasteiger partial charge in [-0.3, -0.25) is 0 Å². The summed E-state index contributed by atoms with van der Waals surface area (Å²) in [4.78, 5) is 0. The Morgan fingerprint density at radius 3 is 1.78 bits per heavy atom. The lowest BCUT2D eigenvalue weighted by Gasteiger charge is -2.27. The first-order valence-corrected chi connectivity index (χ1v) is 11.0. The molecule has 1 heterocycles. The van der Waals surface area contributed by atoms with Crippen LogP contribution in [0.3, 0.4) is 0 Å². The number of aliphatic hydroxyl groups excluding tert-OH is 1. The number of aliphatic hydroxyl groups is 1. The molecule has 1 aliphatic heterocycles. The van der Waals surface area contributed by atoms with Gasteiger partial charge in [-0.15, -0.1) is 0 Å². The number of rotatable bonds is 11. The van der Waals surface area contributed by atoms with Crippen LogP contribution in [0.2, 0.25) is 0 Å². The van der Waals surface area contributed by atoms with Gasteiger partial charge < -0.3 is 24.1 Å². The Kier molecular flexibility index (Phi) is 8.42. The average molecular weight is 435 g/mol. The van der Waals surface area contributed by atoms with Crippen molar-refractivity contribution in [1.29, 1.82) is 0 Å². The molecule has 0 saturated carbocycles. The van der Waals surface area contributed by atoms with Crippen molar-refractivity contribution in [2.75, 3.05) is 13.2 Å². The first kappa shape index (κ1) is 22.6. The Bertz CT molecular complexity index is 903. The predicted octanol–water partition coefficient (Wildman–Crippen LogP) is 4.13. The molecule has 0 amide bonds. The van der Waals surface area contributed by atoms with Crippen LogP contribution in [-0.2, 0) is 38.8 Å². The molecule has 4 rings (SSSR count). The molecule has 0 bridgehead atoms. The maximum Gasteiger partial charge on any atom is 0.115 e. The van der Waals surface area contributed by atoms with Gasteiger partial charge in [0.25, 0.3) is 0 Å². The van der Waals surface area contributed by atoms with E-state index < -0.39 is 18.3 Å². The van der Waals surface area contributed by atoms with E-state index in [9.17, 15) is 5.11 Å². The second kappa shape index (κ2) is 11.9. The van der Waals surface area contributed by atoms with Crippen LogP contribution < -0.4 is 0 Å². The minimum Gasteiger partial charge on any atom is -0.388 e. The van der Waals surface area contributed by atoms with Crippen LogP contribution in [0.5, 0.6) is 0 Å². The van der Waals surface area contributed by atoms with Crippen molar-refractivity contribution in [3.63, 3.8) is 0 Å². The van der Waals surface area contributed by atoms with Crippen LogP contribution in [-0.4, -0.2) is 42.7 Å². The molecule has 0 spiro atoms. The van der Waals surface area contributed by atoms with Crippen molar-refractivity contribution in [1.82, 2.24) is 0 Å². The molecule has 1 N–H and O–H groups in total. The molecule has 0 aromatic heterocycles. The van der Waals surface area contributed by atoms with Gasteiger partial charge in [-0.1, -0.05) is 91.0 Å². The zero-order chi connectivity index (χ0) is 22.0. The van der Waals surface area contributed by atoms with Gasteiger partial charge in [0.15, 0.2) is 0 Å². The molecule has 5 nitrogen and oxygen atoms in total. The highest BCUT2D eigenvalue weighted by Crippen LogP contribution is 2.26. The first-order chi connectivity index (χ1) is 15.8. The Balaban J connectivity index is 1.35. The number of hydrogen-bond acceptors (Lipinski definition) is 5. The molecule has 3 aromatic rings. The van der Waals surface area contributed by atoms with Crippen LogP contribution in [0.25, 0.3) is 0 Å². The fourth-order valence-corrected chi connectivity index (χ4v) is 3.79. The lowest BCUT2D eigenvalue weighted by atomic mass is 10.1. The van der Waals surface area contributed by atoms with Gasteiger partial charge in [0.05, 0.1) is 33.0 Å². The summed E-state index contributed by atoms with van der Waals surface area (Å²) in [5, 5.41) is 10.8. The third-order valence-corrected chi connectivity index (χ3v) is 5.51. The molecule has 168 valence electrons. The third kappa shape index (κ3) is 6.48. The third-order valence-electron chi connectivity index (χ3n) is 5.51. The molecule has 0 aliphatic carbocycles. The van der Waals surface area contributed by atoms with E-state index in [0.717, 1.165) is 16.7 Å². The van der Waals surface area contributed by atoms with Crippen LogP contribution in [0.1, 0.15) is 16.7 Å². The van der Waals surface area contributed by atoms with Crippen LogP contribution in [0.15, 0.2) is 91.0 Å². The summed E-state index contributed by atoms with van der Waals surface area (Å²) in [7, 11) is 0. The SMILES string of the molecule is O[C@H](COCc1ccccc1)[C@H]1OC[C@H](OCc2ccccc2)[C@H]1OCc1ccccc1. The van der Waals surface area contributed by atoms with E-state index in [1.54, 1.807) is 0 Å². The second-order valence-corrected chi connectivity index (χ2v) is 7.96. The van der Waals surface area contributed by atoms with Gasteiger partial charge >= 0.3 is 0 Å². The summed E-state index contributed by atoms with van der Waals surface area (Å²) in [6.45, 7) is 1.86. The zero-order valence-corrected chi connectivity index (χ0v) is 18.1. The van der Waals surface area contributed by atoms with E-state index in [1.807, 2.05) is 91.0 Å². The second-order valence-electron chi connectivity index (χ2n) is 7.96. The fourth-order valence-electron chi connectivity index (χ4n) is 3.79. The van der Waals surface area contributed by atoms with E-state index in [-0.39, 0.29) is 12.7 Å². The van der Waals surface area contributed by atoms with Crippen molar-refractivity contribution in [2.24, 2.45) is 0 Å². The van der Waals surface area contributed by atoms with Crippen molar-refractivity contribution >= 4 is 0 Å². The molecule has 0 radical (unpaired) electrons. The summed E-state index contributed by atoms with van der Waals surface area (Å²) in [6.07, 6.45) is -2.00. The highest BCUT2D eigenvalue weighted by Gasteiger charge is 2.43. The zero-order valence-electron chi connectivity index (χ0n) is 18.1. The van der Waals surface area contributed by atoms with Crippen molar-refractivity contribution in [3.05, 3.63) is 108 Å². The minimum absolute atomic E-state index is 0.163. The van der Waals surface area contributed by atoms with E-state index in [4.69, 9.17) is 18.9 Å². The van der Waals surface area contributed by atoms with Gasteiger partial charge in [0.2, 0.25) is 0 Å². The van der Waals surface area contributed by atoms with E-state index >= 15 is 0 Å². The maximum absolute atomic E-state index is 10.8. The summed E-state index contributed by atoms with van der Waals surface area (Å²) < 4.78 is 24.0.